The van der Waals surface area contributed by atoms with Gasteiger partial charge in [-0.1, -0.05) is 99.8 Å². The van der Waals surface area contributed by atoms with Crippen molar-refractivity contribution in [1.29, 1.82) is 0 Å². The summed E-state index contributed by atoms with van der Waals surface area (Å²) < 4.78 is 0. The quantitative estimate of drug-likeness (QED) is 0.324. The smallest absolute Gasteiger partial charge is 0.310 e. The van der Waals surface area contributed by atoms with E-state index in [0.29, 0.717) is 5.66 Å². The number of hydrogen-bond donors (Lipinski definition) is 1. The average Bonchev–Trinajstić information content (AvgIpc) is 2.86. The maximum Gasteiger partial charge on any atom is 0.310 e. The molecule has 0 heterocycles. The van der Waals surface area contributed by atoms with E-state index in [0.717, 1.165) is 29.1 Å². The van der Waals surface area contributed by atoms with Crippen molar-refractivity contribution in [2.24, 2.45) is 0 Å². The number of carboxylic acids is 1. The van der Waals surface area contributed by atoms with Crippen LogP contribution in [0.4, 0.5) is 0 Å². The summed E-state index contributed by atoms with van der Waals surface area (Å²) in [5.74, 6) is -0.411. The lowest BCUT2D eigenvalue weighted by Gasteiger charge is -2.45. The van der Waals surface area contributed by atoms with Gasteiger partial charge in [-0.25, -0.2) is 0 Å². The normalized spacial score (nSPS) is 27.1. The Morgan fingerprint density at radius 3 is 1.21 bits per heavy atom. The van der Waals surface area contributed by atoms with Gasteiger partial charge >= 0.3 is 5.97 Å². The zero-order chi connectivity index (χ0) is 23.0. The molecule has 33 heavy (non-hydrogen) atoms. The molecule has 4 fully saturated rings. The van der Waals surface area contributed by atoms with Gasteiger partial charge < -0.3 is 5.11 Å². The first-order chi connectivity index (χ1) is 16.1. The summed E-state index contributed by atoms with van der Waals surface area (Å²) >= 11 is 0. The molecule has 2 nitrogen and oxygen atoms in total. The molecule has 0 spiro atoms. The summed E-state index contributed by atoms with van der Waals surface area (Å²) in [7, 11) is -0.409. The third-order valence-corrected chi connectivity index (χ3v) is 17.5. The Kier molecular flexibility index (Phi) is 10.9. The minimum absolute atomic E-state index is 0.0154. The van der Waals surface area contributed by atoms with Gasteiger partial charge in [0.15, 0.2) is 0 Å². The van der Waals surface area contributed by atoms with E-state index in [2.05, 4.69) is 6.92 Å². The minimum Gasteiger partial charge on any atom is -0.481 e. The Balaban J connectivity index is 1.54. The molecule has 0 aromatic heterocycles. The van der Waals surface area contributed by atoms with Crippen molar-refractivity contribution in [2.75, 3.05) is 0 Å². The molecule has 4 aliphatic carbocycles. The van der Waals surface area contributed by atoms with Crippen LogP contribution < -0.4 is 0 Å². The van der Waals surface area contributed by atoms with Crippen LogP contribution in [0.2, 0.25) is 0 Å². The molecule has 0 amide bonds. The fourth-order valence-electron chi connectivity index (χ4n) is 8.14. The molecular weight excluding hydrogens is 442 g/mol. The summed E-state index contributed by atoms with van der Waals surface area (Å²) in [5.41, 5.74) is 4.03. The SMILES string of the molecule is CC(CC(C(=O)O)P(C1CCCCC1)C1CCCCC1)P(C1CCCCC1)C1CCCCC1. The Hall–Kier alpha value is 0.330. The van der Waals surface area contributed by atoms with Crippen molar-refractivity contribution in [3.05, 3.63) is 0 Å². The van der Waals surface area contributed by atoms with E-state index in [1.165, 1.54) is 128 Å². The summed E-state index contributed by atoms with van der Waals surface area (Å²) in [6.07, 6.45) is 28.9. The van der Waals surface area contributed by atoms with Gasteiger partial charge in [-0.15, -0.1) is 0 Å². The van der Waals surface area contributed by atoms with E-state index in [-0.39, 0.29) is 21.5 Å². The van der Waals surface area contributed by atoms with Crippen molar-refractivity contribution < 1.29 is 9.90 Å². The molecule has 190 valence electrons. The van der Waals surface area contributed by atoms with Crippen molar-refractivity contribution in [3.63, 3.8) is 0 Å². The molecule has 4 saturated carbocycles. The van der Waals surface area contributed by atoms with E-state index in [9.17, 15) is 9.90 Å². The van der Waals surface area contributed by atoms with Gasteiger partial charge in [0.1, 0.15) is 0 Å². The van der Waals surface area contributed by atoms with E-state index in [4.69, 9.17) is 0 Å². The first-order valence-electron chi connectivity index (χ1n) is 14.9. The van der Waals surface area contributed by atoms with Gasteiger partial charge in [-0.3, -0.25) is 4.79 Å². The molecule has 0 bridgehead atoms. The second kappa shape index (κ2) is 13.6. The van der Waals surface area contributed by atoms with Crippen molar-refractivity contribution >= 4 is 21.8 Å². The lowest BCUT2D eigenvalue weighted by atomic mass is 9.99. The molecule has 0 aliphatic heterocycles. The van der Waals surface area contributed by atoms with Crippen LogP contribution >= 0.6 is 15.8 Å². The molecule has 0 aromatic rings. The lowest BCUT2D eigenvalue weighted by molar-refractivity contribution is -0.136. The maximum atomic E-state index is 13.0. The number of aliphatic carboxylic acids is 1. The highest BCUT2D eigenvalue weighted by atomic mass is 31.1. The molecule has 4 heteroatoms. The number of carboxylic acid groups (broad SMARTS) is 1. The largest absolute Gasteiger partial charge is 0.481 e. The van der Waals surface area contributed by atoms with Gasteiger partial charge in [0.05, 0.1) is 5.66 Å². The van der Waals surface area contributed by atoms with Crippen LogP contribution in [0.1, 0.15) is 142 Å². The minimum atomic E-state index is -0.411. The van der Waals surface area contributed by atoms with Crippen LogP contribution in [-0.4, -0.2) is 45.0 Å². The van der Waals surface area contributed by atoms with Crippen molar-refractivity contribution in [3.8, 4) is 0 Å². The summed E-state index contributed by atoms with van der Waals surface area (Å²) in [5, 5.41) is 10.7. The van der Waals surface area contributed by atoms with E-state index >= 15 is 0 Å². The van der Waals surface area contributed by atoms with E-state index < -0.39 is 5.97 Å². The van der Waals surface area contributed by atoms with Gasteiger partial charge in [-0.05, 0) is 86.1 Å². The first kappa shape index (κ1) is 26.4. The standard InChI is InChI=1S/C29H52O2P2/c1-23(32(24-14-6-2-7-15-24)25-16-8-3-9-17-25)22-28(29(30)31)33(26-18-10-4-11-19-26)27-20-12-5-13-21-27/h23-28H,2-22H2,1H3,(H,30,31). The second-order valence-corrected chi connectivity index (χ2v) is 18.2. The Labute approximate surface area is 207 Å². The number of carbonyl (C=O) groups is 1. The van der Waals surface area contributed by atoms with Gasteiger partial charge in [-0.2, -0.15) is 0 Å². The summed E-state index contributed by atoms with van der Waals surface area (Å²) in [6.45, 7) is 2.53. The van der Waals surface area contributed by atoms with Gasteiger partial charge in [0.2, 0.25) is 0 Å². The molecule has 0 radical (unpaired) electrons. The van der Waals surface area contributed by atoms with Crippen LogP contribution in [0.15, 0.2) is 0 Å². The van der Waals surface area contributed by atoms with E-state index in [1.807, 2.05) is 0 Å². The Bertz CT molecular complexity index is 536. The highest BCUT2D eigenvalue weighted by Crippen LogP contribution is 2.64. The third-order valence-electron chi connectivity index (χ3n) is 9.70. The van der Waals surface area contributed by atoms with Gasteiger partial charge in [0, 0.05) is 0 Å². The third kappa shape index (κ3) is 7.19. The predicted octanol–water partition coefficient (Wildman–Crippen LogP) is 9.51. The Morgan fingerprint density at radius 2 is 0.909 bits per heavy atom. The highest BCUT2D eigenvalue weighted by molar-refractivity contribution is 7.61. The maximum absolute atomic E-state index is 13.0. The van der Waals surface area contributed by atoms with Crippen LogP contribution in [0.3, 0.4) is 0 Å². The Morgan fingerprint density at radius 1 is 0.606 bits per heavy atom. The van der Waals surface area contributed by atoms with E-state index in [1.54, 1.807) is 0 Å². The molecule has 0 aromatic carbocycles. The average molecular weight is 495 g/mol. The monoisotopic (exact) mass is 494 g/mol. The molecule has 4 rings (SSSR count). The molecular formula is C29H52O2P2. The topological polar surface area (TPSA) is 37.3 Å². The molecule has 2 unspecified atom stereocenters. The highest BCUT2D eigenvalue weighted by Gasteiger charge is 2.43. The zero-order valence-corrected chi connectivity index (χ0v) is 23.4. The van der Waals surface area contributed by atoms with Crippen LogP contribution in [0.5, 0.6) is 0 Å². The fraction of sp³-hybridized carbons (Fsp3) is 0.966. The molecule has 4 aliphatic rings. The van der Waals surface area contributed by atoms with Gasteiger partial charge in [0.25, 0.3) is 0 Å². The van der Waals surface area contributed by atoms with Crippen molar-refractivity contribution in [1.82, 2.24) is 0 Å². The predicted molar refractivity (Wildman–Crippen MR) is 147 cm³/mol. The number of hydrogen-bond acceptors (Lipinski definition) is 1. The first-order valence-corrected chi connectivity index (χ1v) is 18.0. The molecule has 0 saturated heterocycles. The van der Waals surface area contributed by atoms with Crippen molar-refractivity contribution in [2.45, 2.75) is 176 Å². The van der Waals surface area contributed by atoms with Crippen LogP contribution in [0.25, 0.3) is 0 Å². The molecule has 2 atom stereocenters. The fourth-order valence-corrected chi connectivity index (χ4v) is 17.1. The second-order valence-electron chi connectivity index (χ2n) is 12.0. The zero-order valence-electron chi connectivity index (χ0n) is 21.6. The number of rotatable bonds is 9. The molecule has 1 N–H and O–H groups in total. The lowest BCUT2D eigenvalue weighted by Crippen LogP contribution is -2.34. The summed E-state index contributed by atoms with van der Waals surface area (Å²) in [6, 6.07) is 0. The van der Waals surface area contributed by atoms with Crippen LogP contribution in [-0.2, 0) is 4.79 Å². The summed E-state index contributed by atoms with van der Waals surface area (Å²) in [4.78, 5) is 13.0. The van der Waals surface area contributed by atoms with Crippen LogP contribution in [0, 0.1) is 0 Å².